The van der Waals surface area contributed by atoms with E-state index < -0.39 is 0 Å². The Morgan fingerprint density at radius 3 is 2.30 bits per heavy atom. The van der Waals surface area contributed by atoms with Crippen LogP contribution in [0.2, 0.25) is 0 Å². The van der Waals surface area contributed by atoms with E-state index in [1.165, 1.54) is 22.3 Å². The van der Waals surface area contributed by atoms with Crippen molar-refractivity contribution in [2.45, 2.75) is 13.3 Å². The summed E-state index contributed by atoms with van der Waals surface area (Å²) in [5, 5.41) is 5.58. The molecule has 1 heterocycles. The van der Waals surface area contributed by atoms with Gasteiger partial charge in [-0.1, -0.05) is 55.1 Å². The van der Waals surface area contributed by atoms with Gasteiger partial charge in [-0.15, -0.1) is 0 Å². The number of benzene rings is 2. The number of hydrogen-bond acceptors (Lipinski definition) is 5. The number of amides is 1. The molecule has 1 amide bonds. The molecule has 1 saturated heterocycles. The molecule has 27 heavy (non-hydrogen) atoms. The maximum absolute atomic E-state index is 12.6. The summed E-state index contributed by atoms with van der Waals surface area (Å²) in [5.74, 6) is -0.189. The molecule has 1 aliphatic heterocycles. The van der Waals surface area contributed by atoms with E-state index in [1.54, 1.807) is 6.21 Å². The first-order valence-electron chi connectivity index (χ1n) is 8.66. The summed E-state index contributed by atoms with van der Waals surface area (Å²) >= 11 is 6.60. The van der Waals surface area contributed by atoms with Crippen LogP contribution >= 0.6 is 24.0 Å². The van der Waals surface area contributed by atoms with Crippen molar-refractivity contribution >= 4 is 52.2 Å². The molecule has 0 atom stereocenters. The van der Waals surface area contributed by atoms with Crippen molar-refractivity contribution in [1.29, 1.82) is 0 Å². The highest BCUT2D eigenvalue weighted by Crippen LogP contribution is 2.32. The highest BCUT2D eigenvalue weighted by atomic mass is 32.2. The van der Waals surface area contributed by atoms with Crippen molar-refractivity contribution < 1.29 is 4.79 Å². The number of hydrazone groups is 1. The zero-order valence-electron chi connectivity index (χ0n) is 15.5. The Balaban J connectivity index is 1.74. The number of thiocarbonyl (C=S) groups is 1. The molecular formula is C21H21N3OS2. The number of rotatable bonds is 5. The minimum Gasteiger partial charge on any atom is -0.378 e. The molecule has 138 valence electrons. The second kappa shape index (κ2) is 8.50. The Morgan fingerprint density at radius 2 is 1.70 bits per heavy atom. The second-order valence-corrected chi connectivity index (χ2v) is 7.99. The molecule has 0 bridgehead atoms. The lowest BCUT2D eigenvalue weighted by Crippen LogP contribution is -2.22. The van der Waals surface area contributed by atoms with Crippen molar-refractivity contribution in [3.63, 3.8) is 0 Å². The topological polar surface area (TPSA) is 35.9 Å². The third-order valence-electron chi connectivity index (χ3n) is 4.19. The Hall–Kier alpha value is -2.44. The highest BCUT2D eigenvalue weighted by Gasteiger charge is 2.31. The number of carbonyl (C=O) groups excluding carboxylic acids is 1. The van der Waals surface area contributed by atoms with E-state index in [4.69, 9.17) is 12.2 Å². The van der Waals surface area contributed by atoms with Crippen molar-refractivity contribution in [3.8, 4) is 0 Å². The van der Waals surface area contributed by atoms with Gasteiger partial charge in [0, 0.05) is 19.8 Å². The molecule has 2 aromatic carbocycles. The van der Waals surface area contributed by atoms with Gasteiger partial charge in [-0.3, -0.25) is 4.79 Å². The molecule has 0 N–H and O–H groups in total. The summed E-state index contributed by atoms with van der Waals surface area (Å²) in [6.07, 6.45) is 4.51. The molecule has 0 unspecified atom stereocenters. The summed E-state index contributed by atoms with van der Waals surface area (Å²) in [7, 11) is 3.98. The first-order valence-corrected chi connectivity index (χ1v) is 9.88. The molecule has 0 radical (unpaired) electrons. The van der Waals surface area contributed by atoms with E-state index in [-0.39, 0.29) is 5.91 Å². The minimum atomic E-state index is -0.189. The Kier molecular flexibility index (Phi) is 6.08. The van der Waals surface area contributed by atoms with E-state index in [9.17, 15) is 4.79 Å². The van der Waals surface area contributed by atoms with Crippen LogP contribution in [0.4, 0.5) is 5.69 Å². The number of aryl methyl sites for hydroxylation is 1. The Morgan fingerprint density at radius 1 is 1.07 bits per heavy atom. The Labute approximate surface area is 169 Å². The van der Waals surface area contributed by atoms with Crippen molar-refractivity contribution in [1.82, 2.24) is 5.01 Å². The maximum Gasteiger partial charge on any atom is 0.286 e. The van der Waals surface area contributed by atoms with Crippen LogP contribution in [0.1, 0.15) is 23.6 Å². The molecule has 1 fully saturated rings. The number of hydrogen-bond donors (Lipinski definition) is 0. The van der Waals surface area contributed by atoms with Gasteiger partial charge in [0.1, 0.15) is 0 Å². The summed E-state index contributed by atoms with van der Waals surface area (Å²) in [6, 6.07) is 16.1. The monoisotopic (exact) mass is 395 g/mol. The zero-order chi connectivity index (χ0) is 19.4. The van der Waals surface area contributed by atoms with Crippen LogP contribution in [0.5, 0.6) is 0 Å². The molecule has 0 aromatic heterocycles. The Bertz CT molecular complexity index is 900. The normalized spacial score (nSPS) is 16.0. The standard InChI is InChI=1S/C21H21N3OS2/c1-4-15-5-7-16(8-6-15)13-19-20(25)24(21(26)27-19)22-14-17-9-11-18(12-10-17)23(2)3/h5-14H,4H2,1-3H3/b19-13+,22-14+. The van der Waals surface area contributed by atoms with Gasteiger partial charge in [0.05, 0.1) is 11.1 Å². The lowest BCUT2D eigenvalue weighted by Gasteiger charge is -2.12. The predicted molar refractivity (Wildman–Crippen MR) is 119 cm³/mol. The number of nitrogens with zero attached hydrogens (tertiary/aromatic N) is 3. The lowest BCUT2D eigenvalue weighted by molar-refractivity contribution is -0.122. The van der Waals surface area contributed by atoms with Crippen LogP contribution in [-0.2, 0) is 11.2 Å². The van der Waals surface area contributed by atoms with E-state index in [0.717, 1.165) is 23.2 Å². The highest BCUT2D eigenvalue weighted by molar-refractivity contribution is 8.26. The molecule has 1 aliphatic rings. The number of anilines is 1. The zero-order valence-corrected chi connectivity index (χ0v) is 17.2. The predicted octanol–water partition coefficient (Wildman–Crippen LogP) is 4.55. The fourth-order valence-electron chi connectivity index (χ4n) is 2.54. The summed E-state index contributed by atoms with van der Waals surface area (Å²) < 4.78 is 0.442. The van der Waals surface area contributed by atoms with Gasteiger partial charge in [0.15, 0.2) is 4.32 Å². The van der Waals surface area contributed by atoms with E-state index in [0.29, 0.717) is 9.23 Å². The van der Waals surface area contributed by atoms with Crippen molar-refractivity contribution in [2.75, 3.05) is 19.0 Å². The first kappa shape index (κ1) is 19.3. The van der Waals surface area contributed by atoms with Crippen molar-refractivity contribution in [3.05, 3.63) is 70.1 Å². The molecule has 0 saturated carbocycles. The van der Waals surface area contributed by atoms with Crippen LogP contribution in [0.3, 0.4) is 0 Å². The maximum atomic E-state index is 12.6. The quantitative estimate of drug-likeness (QED) is 0.423. The second-order valence-electron chi connectivity index (χ2n) is 6.32. The number of thioether (sulfide) groups is 1. The largest absolute Gasteiger partial charge is 0.378 e. The molecule has 2 aromatic rings. The first-order chi connectivity index (χ1) is 13.0. The fraction of sp³-hybridized carbons (Fsp3) is 0.190. The lowest BCUT2D eigenvalue weighted by atomic mass is 10.1. The molecule has 4 nitrogen and oxygen atoms in total. The van der Waals surface area contributed by atoms with Gasteiger partial charge in [-0.25, -0.2) is 0 Å². The molecule has 3 rings (SSSR count). The molecule has 6 heteroatoms. The molecular weight excluding hydrogens is 374 g/mol. The van der Waals surface area contributed by atoms with Gasteiger partial charge in [-0.2, -0.15) is 10.1 Å². The van der Waals surface area contributed by atoms with Gasteiger partial charge < -0.3 is 4.90 Å². The molecule has 0 spiro atoms. The van der Waals surface area contributed by atoms with Crippen molar-refractivity contribution in [2.24, 2.45) is 5.10 Å². The average molecular weight is 396 g/mol. The van der Waals surface area contributed by atoms with E-state index in [1.807, 2.05) is 61.5 Å². The minimum absolute atomic E-state index is 0.189. The van der Waals surface area contributed by atoms with Crippen LogP contribution in [0.25, 0.3) is 6.08 Å². The van der Waals surface area contributed by atoms with Crippen LogP contribution in [0.15, 0.2) is 58.5 Å². The van der Waals surface area contributed by atoms with E-state index >= 15 is 0 Å². The smallest absolute Gasteiger partial charge is 0.286 e. The van der Waals surface area contributed by atoms with E-state index in [2.05, 4.69) is 24.2 Å². The number of carbonyl (C=O) groups is 1. The molecule has 0 aliphatic carbocycles. The average Bonchev–Trinajstić information content (AvgIpc) is 2.94. The van der Waals surface area contributed by atoms with Gasteiger partial charge in [0.25, 0.3) is 5.91 Å². The van der Waals surface area contributed by atoms with Crippen LogP contribution < -0.4 is 4.90 Å². The summed E-state index contributed by atoms with van der Waals surface area (Å²) in [4.78, 5) is 15.3. The fourth-order valence-corrected chi connectivity index (χ4v) is 3.72. The van der Waals surface area contributed by atoms with Gasteiger partial charge >= 0.3 is 0 Å². The van der Waals surface area contributed by atoms with Gasteiger partial charge in [-0.05, 0) is 53.5 Å². The third-order valence-corrected chi connectivity index (χ3v) is 5.47. The SMILES string of the molecule is CCc1ccc(/C=C2/SC(=S)N(/N=C/c3ccc(N(C)C)cc3)C2=O)cc1. The van der Waals surface area contributed by atoms with Gasteiger partial charge in [0.2, 0.25) is 0 Å². The van der Waals surface area contributed by atoms with Crippen LogP contribution in [0, 0.1) is 0 Å². The summed E-state index contributed by atoms with van der Waals surface area (Å²) in [6.45, 7) is 2.12. The van der Waals surface area contributed by atoms with Crippen LogP contribution in [-0.4, -0.2) is 35.5 Å². The third kappa shape index (κ3) is 4.64. The summed E-state index contributed by atoms with van der Waals surface area (Å²) in [5.41, 5.74) is 4.27.